The highest BCUT2D eigenvalue weighted by molar-refractivity contribution is 5.86. The molecular formula is C19H21NO3. The quantitative estimate of drug-likeness (QED) is 0.819. The van der Waals surface area contributed by atoms with Gasteiger partial charge in [-0.1, -0.05) is 42.5 Å². The summed E-state index contributed by atoms with van der Waals surface area (Å²) in [5, 5.41) is 12.6. The monoisotopic (exact) mass is 311 g/mol. The topological polar surface area (TPSA) is 66.4 Å². The van der Waals surface area contributed by atoms with Crippen molar-refractivity contribution in [1.82, 2.24) is 5.32 Å². The zero-order chi connectivity index (χ0) is 16.0. The fourth-order valence-corrected chi connectivity index (χ4v) is 4.66. The first-order valence-corrected chi connectivity index (χ1v) is 8.39. The number of aliphatic carboxylic acids is 1. The van der Waals surface area contributed by atoms with Crippen molar-refractivity contribution in [2.75, 3.05) is 6.54 Å². The third-order valence-electron chi connectivity index (χ3n) is 5.80. The molecule has 120 valence electrons. The van der Waals surface area contributed by atoms with Gasteiger partial charge >= 0.3 is 5.97 Å². The molecule has 23 heavy (non-hydrogen) atoms. The smallest absolute Gasteiger partial charge is 0.307 e. The van der Waals surface area contributed by atoms with E-state index in [0.29, 0.717) is 18.4 Å². The average molecular weight is 311 g/mol. The number of hydrogen-bond acceptors (Lipinski definition) is 2. The molecule has 0 unspecified atom stereocenters. The van der Waals surface area contributed by atoms with Crippen LogP contribution in [0.15, 0.2) is 42.5 Å². The summed E-state index contributed by atoms with van der Waals surface area (Å²) in [6.45, 7) is 0.556. The second-order valence-corrected chi connectivity index (χ2v) is 7.02. The molecule has 4 heteroatoms. The lowest BCUT2D eigenvalue weighted by Gasteiger charge is -2.41. The normalized spacial score (nSPS) is 36.3. The minimum absolute atomic E-state index is 0.0485. The average Bonchev–Trinajstić information content (AvgIpc) is 3.37. The molecule has 2 fully saturated rings. The van der Waals surface area contributed by atoms with Crippen LogP contribution in [0.3, 0.4) is 0 Å². The Morgan fingerprint density at radius 1 is 1.04 bits per heavy atom. The van der Waals surface area contributed by atoms with Gasteiger partial charge in [0.2, 0.25) is 5.91 Å². The van der Waals surface area contributed by atoms with Crippen molar-refractivity contribution in [2.45, 2.75) is 12.8 Å². The maximum atomic E-state index is 12.6. The lowest BCUT2D eigenvalue weighted by atomic mass is 9.62. The predicted molar refractivity (Wildman–Crippen MR) is 85.5 cm³/mol. The Morgan fingerprint density at radius 3 is 2.35 bits per heavy atom. The van der Waals surface area contributed by atoms with Gasteiger partial charge in [-0.2, -0.15) is 0 Å². The van der Waals surface area contributed by atoms with Gasteiger partial charge in [-0.15, -0.1) is 0 Å². The number of fused-ring (bicyclic) bond motifs is 1. The summed E-state index contributed by atoms with van der Waals surface area (Å²) >= 11 is 0. The molecule has 4 aliphatic carbocycles. The van der Waals surface area contributed by atoms with E-state index in [0.717, 1.165) is 12.8 Å². The highest BCUT2D eigenvalue weighted by Crippen LogP contribution is 2.63. The molecule has 2 N–H and O–H groups in total. The van der Waals surface area contributed by atoms with Crippen molar-refractivity contribution >= 4 is 11.9 Å². The fraction of sp³-hybridized carbons (Fsp3) is 0.474. The van der Waals surface area contributed by atoms with Crippen LogP contribution in [-0.4, -0.2) is 23.5 Å². The Hall–Kier alpha value is -2.10. The number of benzene rings is 1. The van der Waals surface area contributed by atoms with Crippen molar-refractivity contribution in [3.63, 3.8) is 0 Å². The second kappa shape index (κ2) is 5.52. The maximum Gasteiger partial charge on any atom is 0.307 e. The first kappa shape index (κ1) is 14.5. The Bertz CT molecular complexity index is 654. The molecule has 2 bridgehead atoms. The summed E-state index contributed by atoms with van der Waals surface area (Å²) in [6.07, 6.45) is 6.00. The van der Waals surface area contributed by atoms with Crippen LogP contribution in [0.1, 0.15) is 12.0 Å². The largest absolute Gasteiger partial charge is 0.481 e. The number of carboxylic acid groups (broad SMARTS) is 1. The van der Waals surface area contributed by atoms with Crippen LogP contribution < -0.4 is 5.32 Å². The van der Waals surface area contributed by atoms with Crippen molar-refractivity contribution in [1.29, 1.82) is 0 Å². The van der Waals surface area contributed by atoms with Gasteiger partial charge in [0.25, 0.3) is 0 Å². The molecule has 1 aromatic rings. The van der Waals surface area contributed by atoms with Crippen LogP contribution in [0.2, 0.25) is 0 Å². The Kier molecular flexibility index (Phi) is 3.47. The van der Waals surface area contributed by atoms with Gasteiger partial charge in [-0.05, 0) is 42.1 Å². The highest BCUT2D eigenvalue weighted by atomic mass is 16.4. The molecule has 5 rings (SSSR count). The Morgan fingerprint density at radius 2 is 1.70 bits per heavy atom. The number of amides is 1. The molecule has 4 nitrogen and oxygen atoms in total. The number of hydrogen-bond donors (Lipinski definition) is 2. The highest BCUT2D eigenvalue weighted by Gasteiger charge is 2.62. The fourth-order valence-electron chi connectivity index (χ4n) is 4.66. The minimum Gasteiger partial charge on any atom is -0.481 e. The summed E-state index contributed by atoms with van der Waals surface area (Å²) in [4.78, 5) is 24.4. The molecule has 0 radical (unpaired) electrons. The van der Waals surface area contributed by atoms with Gasteiger partial charge < -0.3 is 10.4 Å². The van der Waals surface area contributed by atoms with Gasteiger partial charge in [-0.25, -0.2) is 0 Å². The van der Waals surface area contributed by atoms with E-state index in [1.165, 1.54) is 5.56 Å². The van der Waals surface area contributed by atoms with Crippen LogP contribution in [0.4, 0.5) is 0 Å². The van der Waals surface area contributed by atoms with E-state index in [-0.39, 0.29) is 17.7 Å². The van der Waals surface area contributed by atoms with Gasteiger partial charge in [0, 0.05) is 6.54 Å². The molecule has 1 aromatic carbocycles. The third kappa shape index (κ3) is 2.46. The molecule has 4 aliphatic rings. The van der Waals surface area contributed by atoms with Crippen molar-refractivity contribution in [3.8, 4) is 0 Å². The zero-order valence-electron chi connectivity index (χ0n) is 12.9. The summed E-state index contributed by atoms with van der Waals surface area (Å²) in [5.74, 6) is -0.663. The SMILES string of the molecule is O=C(O)[C@@H]1[C@H]2C=C[C@@H]([C@@H]3C[C@@H]23)[C@H]1C(=O)NCCc1ccccc1. The minimum atomic E-state index is -0.821. The Labute approximate surface area is 135 Å². The van der Waals surface area contributed by atoms with E-state index < -0.39 is 17.8 Å². The Balaban J connectivity index is 1.43. The molecule has 0 aliphatic heterocycles. The van der Waals surface area contributed by atoms with Crippen LogP contribution in [0.25, 0.3) is 0 Å². The van der Waals surface area contributed by atoms with Crippen LogP contribution in [-0.2, 0) is 16.0 Å². The second-order valence-electron chi connectivity index (χ2n) is 7.02. The summed E-state index contributed by atoms with van der Waals surface area (Å²) < 4.78 is 0. The van der Waals surface area contributed by atoms with Crippen molar-refractivity contribution in [2.24, 2.45) is 35.5 Å². The van der Waals surface area contributed by atoms with E-state index in [4.69, 9.17) is 0 Å². The van der Waals surface area contributed by atoms with Crippen molar-refractivity contribution in [3.05, 3.63) is 48.0 Å². The van der Waals surface area contributed by atoms with Crippen molar-refractivity contribution < 1.29 is 14.7 Å². The predicted octanol–water partition coefficient (Wildman–Crippen LogP) is 2.11. The molecule has 1 amide bonds. The lowest BCUT2D eigenvalue weighted by molar-refractivity contribution is -0.153. The number of nitrogens with one attached hydrogen (secondary N) is 1. The van der Waals surface area contributed by atoms with Gasteiger partial charge in [0.15, 0.2) is 0 Å². The van der Waals surface area contributed by atoms with Crippen LogP contribution in [0.5, 0.6) is 0 Å². The molecule has 0 saturated heterocycles. The summed E-state index contributed by atoms with van der Waals surface area (Å²) in [6, 6.07) is 10.0. The number of rotatable bonds is 5. The summed E-state index contributed by atoms with van der Waals surface area (Å²) in [5.41, 5.74) is 1.18. The molecule has 2 saturated carbocycles. The maximum absolute atomic E-state index is 12.6. The number of carboxylic acids is 1. The van der Waals surface area contributed by atoms with Gasteiger partial charge in [0.05, 0.1) is 11.8 Å². The molecule has 6 atom stereocenters. The molecule has 0 heterocycles. The molecule has 0 aromatic heterocycles. The number of carbonyl (C=O) groups is 2. The van der Waals surface area contributed by atoms with E-state index in [2.05, 4.69) is 11.4 Å². The molecule has 0 spiro atoms. The summed E-state index contributed by atoms with van der Waals surface area (Å²) in [7, 11) is 0. The van der Waals surface area contributed by atoms with Crippen LogP contribution in [0, 0.1) is 35.5 Å². The van der Waals surface area contributed by atoms with E-state index in [9.17, 15) is 14.7 Å². The van der Waals surface area contributed by atoms with E-state index in [1.807, 2.05) is 36.4 Å². The third-order valence-corrected chi connectivity index (χ3v) is 5.80. The van der Waals surface area contributed by atoms with E-state index in [1.54, 1.807) is 0 Å². The first-order chi connectivity index (χ1) is 11.2. The zero-order valence-corrected chi connectivity index (χ0v) is 12.9. The number of carbonyl (C=O) groups excluding carboxylic acids is 1. The van der Waals surface area contributed by atoms with Gasteiger partial charge in [-0.3, -0.25) is 9.59 Å². The number of allylic oxidation sites excluding steroid dienone is 2. The van der Waals surface area contributed by atoms with Crippen LogP contribution >= 0.6 is 0 Å². The lowest BCUT2D eigenvalue weighted by Crippen LogP contribution is -2.50. The molecular weight excluding hydrogens is 290 g/mol. The van der Waals surface area contributed by atoms with E-state index >= 15 is 0 Å². The van der Waals surface area contributed by atoms with Gasteiger partial charge in [0.1, 0.15) is 0 Å². The standard InChI is InChI=1S/C19H21NO3/c21-18(20-9-8-11-4-2-1-3-5-11)16-12-6-7-13(15-10-14(12)15)17(16)19(22)23/h1-7,12-17H,8-10H2,(H,20,21)(H,22,23)/t12-,13-,14-,15-,16+,17+/m0/s1. The first-order valence-electron chi connectivity index (χ1n) is 8.39.